The Morgan fingerprint density at radius 1 is 1.12 bits per heavy atom. The van der Waals surface area contributed by atoms with Gasteiger partial charge in [0.05, 0.1) is 16.3 Å². The molecule has 2 aliphatic heterocycles. The number of aryl methyl sites for hydroxylation is 1. The van der Waals surface area contributed by atoms with Crippen LogP contribution in [0.4, 0.5) is 10.3 Å². The molecular formula is C22H23ClFN7O. The van der Waals surface area contributed by atoms with Crippen molar-refractivity contribution in [3.8, 4) is 11.1 Å². The molecular weight excluding hydrogens is 433 g/mol. The largest absolute Gasteiger partial charge is 0.345 e. The van der Waals surface area contributed by atoms with Crippen molar-refractivity contribution in [2.24, 2.45) is 14.1 Å². The van der Waals surface area contributed by atoms with Crippen LogP contribution in [0, 0.1) is 5.82 Å². The van der Waals surface area contributed by atoms with Gasteiger partial charge in [-0.3, -0.25) is 14.0 Å². The zero-order chi connectivity index (χ0) is 22.1. The summed E-state index contributed by atoms with van der Waals surface area (Å²) in [5, 5.41) is 8.55. The van der Waals surface area contributed by atoms with E-state index in [0.717, 1.165) is 25.9 Å². The fourth-order valence-corrected chi connectivity index (χ4v) is 5.54. The first-order valence-corrected chi connectivity index (χ1v) is 11.2. The van der Waals surface area contributed by atoms with E-state index < -0.39 is 5.82 Å². The SMILES string of the molecule is Cn1nc2ccc(-c3c[nH]c4nc(N5C6CCCC5CNC6)n(C)c(=O)c34)c(F)c2c1Cl. The fourth-order valence-electron chi connectivity index (χ4n) is 5.32. The average Bonchev–Trinajstić information content (AvgIpc) is 3.31. The zero-order valence-corrected chi connectivity index (χ0v) is 18.6. The van der Waals surface area contributed by atoms with Crippen molar-refractivity contribution in [1.29, 1.82) is 0 Å². The van der Waals surface area contributed by atoms with Gasteiger partial charge in [-0.25, -0.2) is 4.39 Å². The van der Waals surface area contributed by atoms with Crippen molar-refractivity contribution >= 4 is 39.5 Å². The molecule has 2 saturated heterocycles. The molecule has 2 atom stereocenters. The monoisotopic (exact) mass is 455 g/mol. The van der Waals surface area contributed by atoms with Gasteiger partial charge in [0.15, 0.2) is 0 Å². The predicted molar refractivity (Wildman–Crippen MR) is 123 cm³/mol. The van der Waals surface area contributed by atoms with E-state index in [1.807, 2.05) is 0 Å². The number of hydrogen-bond donors (Lipinski definition) is 2. The summed E-state index contributed by atoms with van der Waals surface area (Å²) in [6, 6.07) is 3.99. The number of nitrogens with zero attached hydrogens (tertiary/aromatic N) is 5. The Hall–Kier alpha value is -2.91. The molecule has 0 spiro atoms. The summed E-state index contributed by atoms with van der Waals surface area (Å²) < 4.78 is 18.5. The van der Waals surface area contributed by atoms with Gasteiger partial charge in [0, 0.05) is 56.6 Å². The highest BCUT2D eigenvalue weighted by molar-refractivity contribution is 6.34. The quantitative estimate of drug-likeness (QED) is 0.485. The van der Waals surface area contributed by atoms with Gasteiger partial charge in [-0.05, 0) is 31.4 Å². The average molecular weight is 456 g/mol. The summed E-state index contributed by atoms with van der Waals surface area (Å²) >= 11 is 6.27. The Morgan fingerprint density at radius 3 is 2.62 bits per heavy atom. The molecule has 1 aromatic carbocycles. The lowest BCUT2D eigenvalue weighted by molar-refractivity contribution is 0.305. The second-order valence-corrected chi connectivity index (χ2v) is 9.10. The number of piperidine rings is 1. The van der Waals surface area contributed by atoms with Gasteiger partial charge < -0.3 is 15.2 Å². The molecule has 2 bridgehead atoms. The standard InChI is InChI=1S/C22H23ClFN7O/c1-29-21(32)16-14(13-6-7-15-17(18(13)24)19(23)30(2)28-15)10-26-20(16)27-22(29)31-11-4-3-5-12(31)9-25-8-11/h6-7,10-12,25-26H,3-5,8-9H2,1-2H3. The van der Waals surface area contributed by atoms with E-state index in [2.05, 4.69) is 20.3 Å². The van der Waals surface area contributed by atoms with Crippen LogP contribution in [-0.2, 0) is 14.1 Å². The topological polar surface area (TPSA) is 83.8 Å². The lowest BCUT2D eigenvalue weighted by Crippen LogP contribution is -2.61. The summed E-state index contributed by atoms with van der Waals surface area (Å²) in [6.45, 7) is 1.77. The third kappa shape index (κ3) is 2.67. The molecule has 32 heavy (non-hydrogen) atoms. The Morgan fingerprint density at radius 2 is 1.88 bits per heavy atom. The van der Waals surface area contributed by atoms with E-state index in [1.165, 1.54) is 11.1 Å². The summed E-state index contributed by atoms with van der Waals surface area (Å²) in [5.74, 6) is 0.169. The number of H-pyrrole nitrogens is 1. The Labute approximate surface area is 188 Å². The molecule has 4 aromatic rings. The molecule has 10 heteroatoms. The second-order valence-electron chi connectivity index (χ2n) is 8.74. The maximum atomic E-state index is 15.5. The molecule has 5 heterocycles. The van der Waals surface area contributed by atoms with Crippen molar-refractivity contribution in [3.05, 3.63) is 39.7 Å². The lowest BCUT2D eigenvalue weighted by Gasteiger charge is -2.47. The number of rotatable bonds is 2. The first-order valence-electron chi connectivity index (χ1n) is 10.8. The number of benzene rings is 1. The number of aromatic nitrogens is 5. The van der Waals surface area contributed by atoms with E-state index in [-0.39, 0.29) is 16.1 Å². The van der Waals surface area contributed by atoms with E-state index in [1.54, 1.807) is 37.0 Å². The van der Waals surface area contributed by atoms with Gasteiger partial charge in [0.2, 0.25) is 5.95 Å². The smallest absolute Gasteiger partial charge is 0.264 e. The highest BCUT2D eigenvalue weighted by atomic mass is 35.5. The maximum Gasteiger partial charge on any atom is 0.264 e. The van der Waals surface area contributed by atoms with Gasteiger partial charge in [0.1, 0.15) is 16.6 Å². The number of halogens is 2. The molecule has 2 N–H and O–H groups in total. The van der Waals surface area contributed by atoms with Crippen molar-refractivity contribution in [3.63, 3.8) is 0 Å². The minimum Gasteiger partial charge on any atom is -0.345 e. The van der Waals surface area contributed by atoms with Crippen LogP contribution >= 0.6 is 11.6 Å². The minimum absolute atomic E-state index is 0.199. The molecule has 0 amide bonds. The third-order valence-corrected chi connectivity index (χ3v) is 7.33. The minimum atomic E-state index is -0.496. The number of piperazine rings is 1. The predicted octanol–water partition coefficient (Wildman–Crippen LogP) is 2.94. The highest BCUT2D eigenvalue weighted by Gasteiger charge is 2.36. The molecule has 6 rings (SSSR count). The molecule has 8 nitrogen and oxygen atoms in total. The Kier molecular flexibility index (Phi) is 4.35. The number of nitrogens with one attached hydrogen (secondary N) is 2. The fraction of sp³-hybridized carbons (Fsp3) is 0.409. The molecule has 3 aromatic heterocycles. The van der Waals surface area contributed by atoms with E-state index in [9.17, 15) is 4.79 Å². The molecule has 166 valence electrons. The number of fused-ring (bicyclic) bond motifs is 4. The van der Waals surface area contributed by atoms with Crippen molar-refractivity contribution in [2.75, 3.05) is 18.0 Å². The van der Waals surface area contributed by atoms with Crippen molar-refractivity contribution in [2.45, 2.75) is 31.3 Å². The first kappa shape index (κ1) is 19.8. The van der Waals surface area contributed by atoms with Crippen LogP contribution in [0.1, 0.15) is 19.3 Å². The van der Waals surface area contributed by atoms with Crippen LogP contribution in [0.2, 0.25) is 5.15 Å². The number of hydrogen-bond acceptors (Lipinski definition) is 5. The second kappa shape index (κ2) is 7.05. The van der Waals surface area contributed by atoms with Crippen LogP contribution < -0.4 is 15.8 Å². The Balaban J connectivity index is 1.54. The summed E-state index contributed by atoms with van der Waals surface area (Å²) in [4.78, 5) is 23.8. The first-order chi connectivity index (χ1) is 15.5. The van der Waals surface area contributed by atoms with Crippen LogP contribution in [-0.4, -0.2) is 49.5 Å². The lowest BCUT2D eigenvalue weighted by atomic mass is 9.93. The molecule has 2 fully saturated rings. The normalized spacial score (nSPS) is 21.1. The van der Waals surface area contributed by atoms with Gasteiger partial charge in [-0.2, -0.15) is 10.1 Å². The van der Waals surface area contributed by atoms with Crippen molar-refractivity contribution < 1.29 is 4.39 Å². The zero-order valence-electron chi connectivity index (χ0n) is 17.8. The molecule has 2 aliphatic rings. The number of anilines is 1. The maximum absolute atomic E-state index is 15.5. The third-order valence-electron chi connectivity index (χ3n) is 6.90. The van der Waals surface area contributed by atoms with Gasteiger partial charge in [-0.1, -0.05) is 11.6 Å². The molecule has 0 radical (unpaired) electrons. The van der Waals surface area contributed by atoms with Crippen LogP contribution in [0.3, 0.4) is 0 Å². The van der Waals surface area contributed by atoms with Crippen LogP contribution in [0.5, 0.6) is 0 Å². The van der Waals surface area contributed by atoms with Gasteiger partial charge >= 0.3 is 0 Å². The molecule has 2 unspecified atom stereocenters. The van der Waals surface area contributed by atoms with E-state index in [0.29, 0.717) is 45.7 Å². The summed E-state index contributed by atoms with van der Waals surface area (Å²) in [5.41, 5.74) is 1.50. The van der Waals surface area contributed by atoms with E-state index >= 15 is 4.39 Å². The van der Waals surface area contributed by atoms with Crippen LogP contribution in [0.15, 0.2) is 23.1 Å². The van der Waals surface area contributed by atoms with Gasteiger partial charge in [-0.15, -0.1) is 0 Å². The Bertz CT molecular complexity index is 1420. The van der Waals surface area contributed by atoms with Crippen molar-refractivity contribution in [1.82, 2.24) is 29.6 Å². The molecule has 0 saturated carbocycles. The number of aromatic amines is 1. The van der Waals surface area contributed by atoms with Gasteiger partial charge in [0.25, 0.3) is 5.56 Å². The van der Waals surface area contributed by atoms with Crippen LogP contribution in [0.25, 0.3) is 33.1 Å². The van der Waals surface area contributed by atoms with E-state index in [4.69, 9.17) is 16.6 Å². The molecule has 0 aliphatic carbocycles. The highest BCUT2D eigenvalue weighted by Crippen LogP contribution is 2.36. The summed E-state index contributed by atoms with van der Waals surface area (Å²) in [7, 11) is 3.41. The summed E-state index contributed by atoms with van der Waals surface area (Å²) in [6.07, 6.45) is 4.99.